The summed E-state index contributed by atoms with van der Waals surface area (Å²) in [4.78, 5) is 24.5. The number of carbonyl (C=O) groups excluding carboxylic acids is 2. The fourth-order valence-electron chi connectivity index (χ4n) is 8.27. The van der Waals surface area contributed by atoms with Gasteiger partial charge in [0.15, 0.2) is 0 Å². The third kappa shape index (κ3) is 47.7. The van der Waals surface area contributed by atoms with Gasteiger partial charge in [0.1, 0.15) is 0 Å². The van der Waals surface area contributed by atoms with E-state index < -0.39 is 12.1 Å². The molecule has 2 unspecified atom stereocenters. The Hall–Kier alpha value is -1.66. The Morgan fingerprint density at radius 2 is 0.770 bits per heavy atom. The molecule has 1 amide bonds. The first-order chi connectivity index (χ1) is 30.0. The lowest BCUT2D eigenvalue weighted by molar-refractivity contribution is -0.143. The number of allylic oxidation sites excluding steroid dienone is 3. The first-order valence-electron chi connectivity index (χ1n) is 27.1. The third-order valence-corrected chi connectivity index (χ3v) is 12.5. The molecular weight excluding hydrogens is 755 g/mol. The molecule has 0 heterocycles. The molecule has 0 bridgehead atoms. The molecule has 3 N–H and O–H groups in total. The number of ether oxygens (including phenoxy) is 1. The summed E-state index contributed by atoms with van der Waals surface area (Å²) in [6.07, 6.45) is 60.4. The van der Waals surface area contributed by atoms with Crippen LogP contribution in [0, 0.1) is 0 Å². The van der Waals surface area contributed by atoms with Crippen LogP contribution in [0.25, 0.3) is 0 Å². The van der Waals surface area contributed by atoms with Crippen LogP contribution in [0.3, 0.4) is 0 Å². The van der Waals surface area contributed by atoms with Crippen LogP contribution in [0.5, 0.6) is 0 Å². The molecule has 0 aliphatic heterocycles. The lowest BCUT2D eigenvalue weighted by atomic mass is 10.0. The van der Waals surface area contributed by atoms with E-state index in [1.807, 2.05) is 6.08 Å². The summed E-state index contributed by atoms with van der Waals surface area (Å²) in [5.41, 5.74) is 0. The van der Waals surface area contributed by atoms with Crippen molar-refractivity contribution in [3.63, 3.8) is 0 Å². The largest absolute Gasteiger partial charge is 0.466 e. The van der Waals surface area contributed by atoms with Gasteiger partial charge in [-0.3, -0.25) is 9.59 Å². The number of hydrogen-bond donors (Lipinski definition) is 3. The van der Waals surface area contributed by atoms with Crippen molar-refractivity contribution in [2.45, 2.75) is 302 Å². The maximum absolute atomic E-state index is 12.4. The van der Waals surface area contributed by atoms with Gasteiger partial charge in [0.05, 0.1) is 25.4 Å². The molecule has 61 heavy (non-hydrogen) atoms. The van der Waals surface area contributed by atoms with Crippen molar-refractivity contribution in [1.29, 1.82) is 0 Å². The highest BCUT2D eigenvalue weighted by Crippen LogP contribution is 2.16. The Bertz CT molecular complexity index is 951. The fourth-order valence-corrected chi connectivity index (χ4v) is 8.27. The number of aliphatic hydroxyl groups is 2. The second-order valence-electron chi connectivity index (χ2n) is 18.6. The topological polar surface area (TPSA) is 95.9 Å². The number of unbranched alkanes of at least 4 members (excludes halogenated alkanes) is 37. The van der Waals surface area contributed by atoms with E-state index in [4.69, 9.17) is 4.74 Å². The molecule has 0 aromatic heterocycles. The third-order valence-electron chi connectivity index (χ3n) is 12.5. The minimum Gasteiger partial charge on any atom is -0.466 e. The molecule has 2 atom stereocenters. The summed E-state index contributed by atoms with van der Waals surface area (Å²) < 4.78 is 5.48. The van der Waals surface area contributed by atoms with Crippen LogP contribution in [0.1, 0.15) is 290 Å². The standard InChI is InChI=1S/C55H105NO5/c1-3-5-7-9-11-13-15-17-18-19-20-21-22-25-29-33-37-41-45-49-55(60)61-50-46-42-38-34-30-26-23-24-28-32-36-40-44-48-54(59)56-52(51-57)53(58)47-43-39-35-31-27-16-14-12-10-8-6-4-2/h17-18,43,47,52-53,57-58H,3-16,19-42,44-46,48-51H2,1-2H3,(H,56,59)/b18-17-,47-43+. The number of rotatable bonds is 50. The molecule has 0 aliphatic carbocycles. The van der Waals surface area contributed by atoms with Crippen molar-refractivity contribution < 1.29 is 24.5 Å². The van der Waals surface area contributed by atoms with Crippen molar-refractivity contribution in [3.05, 3.63) is 24.3 Å². The van der Waals surface area contributed by atoms with Gasteiger partial charge in [0.2, 0.25) is 5.91 Å². The molecule has 360 valence electrons. The molecule has 0 saturated carbocycles. The van der Waals surface area contributed by atoms with E-state index in [2.05, 4.69) is 31.3 Å². The first kappa shape index (κ1) is 59.3. The van der Waals surface area contributed by atoms with Gasteiger partial charge in [-0.25, -0.2) is 0 Å². The van der Waals surface area contributed by atoms with E-state index in [1.54, 1.807) is 6.08 Å². The van der Waals surface area contributed by atoms with Gasteiger partial charge in [-0.2, -0.15) is 0 Å². The number of nitrogens with one attached hydrogen (secondary N) is 1. The van der Waals surface area contributed by atoms with E-state index >= 15 is 0 Å². The number of esters is 1. The van der Waals surface area contributed by atoms with E-state index in [-0.39, 0.29) is 18.5 Å². The van der Waals surface area contributed by atoms with Gasteiger partial charge in [0.25, 0.3) is 0 Å². The molecule has 6 heteroatoms. The van der Waals surface area contributed by atoms with Crippen LogP contribution in [-0.4, -0.2) is 47.4 Å². The molecule has 0 fully saturated rings. The van der Waals surface area contributed by atoms with Crippen molar-refractivity contribution in [3.8, 4) is 0 Å². The highest BCUT2D eigenvalue weighted by Gasteiger charge is 2.18. The molecule has 0 aromatic carbocycles. The predicted octanol–water partition coefficient (Wildman–Crippen LogP) is 16.3. The quantitative estimate of drug-likeness (QED) is 0.0322. The number of hydrogen-bond acceptors (Lipinski definition) is 5. The zero-order valence-corrected chi connectivity index (χ0v) is 40.9. The lowest BCUT2D eigenvalue weighted by Gasteiger charge is -2.20. The highest BCUT2D eigenvalue weighted by atomic mass is 16.5. The van der Waals surface area contributed by atoms with Gasteiger partial charge in [-0.05, 0) is 57.8 Å². The Balaban J connectivity index is 3.44. The van der Waals surface area contributed by atoms with Crippen LogP contribution in [0.2, 0.25) is 0 Å². The summed E-state index contributed by atoms with van der Waals surface area (Å²) >= 11 is 0. The fraction of sp³-hybridized carbons (Fsp3) is 0.891. The highest BCUT2D eigenvalue weighted by molar-refractivity contribution is 5.76. The second-order valence-corrected chi connectivity index (χ2v) is 18.6. The van der Waals surface area contributed by atoms with Gasteiger partial charge in [-0.15, -0.1) is 0 Å². The summed E-state index contributed by atoms with van der Waals surface area (Å²) in [7, 11) is 0. The molecule has 0 saturated heterocycles. The maximum Gasteiger partial charge on any atom is 0.305 e. The van der Waals surface area contributed by atoms with Crippen molar-refractivity contribution in [2.75, 3.05) is 13.2 Å². The Labute approximate surface area is 380 Å². The first-order valence-corrected chi connectivity index (χ1v) is 27.1. The van der Waals surface area contributed by atoms with Gasteiger partial charge in [0, 0.05) is 12.8 Å². The van der Waals surface area contributed by atoms with Gasteiger partial charge >= 0.3 is 5.97 Å². The van der Waals surface area contributed by atoms with Crippen LogP contribution in [0.15, 0.2) is 24.3 Å². The number of aliphatic hydroxyl groups excluding tert-OH is 2. The normalized spacial score (nSPS) is 12.8. The molecular formula is C55H105NO5. The monoisotopic (exact) mass is 860 g/mol. The zero-order chi connectivity index (χ0) is 44.4. The minimum atomic E-state index is -0.851. The van der Waals surface area contributed by atoms with Gasteiger partial charge in [-0.1, -0.05) is 244 Å². The van der Waals surface area contributed by atoms with Crippen LogP contribution >= 0.6 is 0 Å². The summed E-state index contributed by atoms with van der Waals surface area (Å²) in [5.74, 6) is -0.0888. The van der Waals surface area contributed by atoms with E-state index in [0.717, 1.165) is 57.8 Å². The molecule has 0 aliphatic rings. The SMILES string of the molecule is CCCCCCCC/C=C\CCCCCCCCCCCC(=O)OCCCCCCCCCCCCCCCC(=O)NC(CO)C(O)/C=C/CCCCCCCCCCCC. The second kappa shape index (κ2) is 51.0. The van der Waals surface area contributed by atoms with Crippen molar-refractivity contribution >= 4 is 11.9 Å². The summed E-state index contributed by atoms with van der Waals surface area (Å²) in [6.45, 7) is 4.87. The smallest absolute Gasteiger partial charge is 0.305 e. The van der Waals surface area contributed by atoms with Crippen LogP contribution < -0.4 is 5.32 Å². The number of carbonyl (C=O) groups is 2. The van der Waals surface area contributed by atoms with Crippen molar-refractivity contribution in [1.82, 2.24) is 5.32 Å². The van der Waals surface area contributed by atoms with E-state index in [1.165, 1.54) is 205 Å². The van der Waals surface area contributed by atoms with E-state index in [0.29, 0.717) is 19.4 Å². The summed E-state index contributed by atoms with van der Waals surface area (Å²) in [5, 5.41) is 23.0. The molecule has 0 rings (SSSR count). The Morgan fingerprint density at radius 1 is 0.443 bits per heavy atom. The van der Waals surface area contributed by atoms with Gasteiger partial charge < -0.3 is 20.3 Å². The lowest BCUT2D eigenvalue weighted by Crippen LogP contribution is -2.45. The average Bonchev–Trinajstić information content (AvgIpc) is 3.26. The molecule has 6 nitrogen and oxygen atoms in total. The molecule has 0 radical (unpaired) electrons. The minimum absolute atomic E-state index is 0.00751. The average molecular weight is 860 g/mol. The Morgan fingerprint density at radius 3 is 1.16 bits per heavy atom. The zero-order valence-electron chi connectivity index (χ0n) is 40.9. The summed E-state index contributed by atoms with van der Waals surface area (Å²) in [6, 6.07) is -0.636. The number of amides is 1. The van der Waals surface area contributed by atoms with Crippen LogP contribution in [0.4, 0.5) is 0 Å². The van der Waals surface area contributed by atoms with Crippen LogP contribution in [-0.2, 0) is 14.3 Å². The molecule has 0 spiro atoms. The maximum atomic E-state index is 12.4. The Kier molecular flexibility index (Phi) is 49.6. The van der Waals surface area contributed by atoms with Crippen molar-refractivity contribution in [2.24, 2.45) is 0 Å². The van der Waals surface area contributed by atoms with E-state index in [9.17, 15) is 19.8 Å². The predicted molar refractivity (Wildman–Crippen MR) is 264 cm³/mol. The molecule has 0 aromatic rings.